The van der Waals surface area contributed by atoms with Gasteiger partial charge in [0.2, 0.25) is 10.0 Å². The Labute approximate surface area is 119 Å². The van der Waals surface area contributed by atoms with E-state index in [4.69, 9.17) is 5.11 Å². The molecule has 1 heterocycles. The largest absolute Gasteiger partial charge is 0.480 e. The van der Waals surface area contributed by atoms with Crippen LogP contribution in [0.1, 0.15) is 33.1 Å². The SMILES string of the molecule is CC(C)CCCCNS(=O)(=O)c1cnn(CC(=O)O)c1. The maximum atomic E-state index is 11.9. The van der Waals surface area contributed by atoms with E-state index >= 15 is 0 Å². The van der Waals surface area contributed by atoms with Gasteiger partial charge in [0.1, 0.15) is 11.4 Å². The summed E-state index contributed by atoms with van der Waals surface area (Å²) in [7, 11) is -3.60. The van der Waals surface area contributed by atoms with Crippen molar-refractivity contribution in [3.8, 4) is 0 Å². The molecule has 0 unspecified atom stereocenters. The number of carbonyl (C=O) groups is 1. The monoisotopic (exact) mass is 303 g/mol. The van der Waals surface area contributed by atoms with Gasteiger partial charge in [0.05, 0.1) is 6.20 Å². The Balaban J connectivity index is 2.47. The predicted octanol–water partition coefficient (Wildman–Crippen LogP) is 1.07. The van der Waals surface area contributed by atoms with Crippen LogP contribution in [0.3, 0.4) is 0 Å². The maximum absolute atomic E-state index is 11.9. The molecule has 0 fully saturated rings. The quantitative estimate of drug-likeness (QED) is 0.665. The van der Waals surface area contributed by atoms with Gasteiger partial charge in [0, 0.05) is 12.7 Å². The summed E-state index contributed by atoms with van der Waals surface area (Å²) in [6.45, 7) is 4.27. The van der Waals surface area contributed by atoms with Crippen molar-refractivity contribution in [2.24, 2.45) is 5.92 Å². The summed E-state index contributed by atoms with van der Waals surface area (Å²) in [6.07, 6.45) is 5.18. The molecule has 20 heavy (non-hydrogen) atoms. The molecule has 8 heteroatoms. The number of rotatable bonds is 9. The van der Waals surface area contributed by atoms with E-state index in [9.17, 15) is 13.2 Å². The van der Waals surface area contributed by atoms with Gasteiger partial charge < -0.3 is 5.11 Å². The van der Waals surface area contributed by atoms with E-state index in [1.54, 1.807) is 0 Å². The number of hydrogen-bond acceptors (Lipinski definition) is 4. The molecule has 0 spiro atoms. The molecular formula is C12H21N3O4S. The molecule has 114 valence electrons. The minimum absolute atomic E-state index is 0.0115. The van der Waals surface area contributed by atoms with Crippen LogP contribution in [-0.4, -0.2) is 35.8 Å². The first kappa shape index (κ1) is 16.6. The summed E-state index contributed by atoms with van der Waals surface area (Å²) in [5.74, 6) is -0.459. The molecule has 0 amide bonds. The van der Waals surface area contributed by atoms with Crippen LogP contribution in [0.2, 0.25) is 0 Å². The Morgan fingerprint density at radius 2 is 2.15 bits per heavy atom. The summed E-state index contributed by atoms with van der Waals surface area (Å²) < 4.78 is 27.4. The molecule has 0 aliphatic rings. The fourth-order valence-corrected chi connectivity index (χ4v) is 2.70. The van der Waals surface area contributed by atoms with Crippen LogP contribution in [0.25, 0.3) is 0 Å². The van der Waals surface area contributed by atoms with Crippen LogP contribution in [0, 0.1) is 5.92 Å². The fourth-order valence-electron chi connectivity index (χ4n) is 1.68. The second-order valence-corrected chi connectivity index (χ2v) is 6.82. The summed E-state index contributed by atoms with van der Waals surface area (Å²) in [4.78, 5) is 10.5. The number of aliphatic carboxylic acids is 1. The number of nitrogens with one attached hydrogen (secondary N) is 1. The number of carboxylic acid groups (broad SMARTS) is 1. The number of carboxylic acids is 1. The first-order valence-electron chi connectivity index (χ1n) is 6.55. The van der Waals surface area contributed by atoms with Gasteiger partial charge in [-0.15, -0.1) is 0 Å². The zero-order chi connectivity index (χ0) is 15.2. The van der Waals surface area contributed by atoms with Gasteiger partial charge in [0.15, 0.2) is 0 Å². The van der Waals surface area contributed by atoms with Crippen LogP contribution >= 0.6 is 0 Å². The van der Waals surface area contributed by atoms with Crippen molar-refractivity contribution in [2.75, 3.05) is 6.54 Å². The van der Waals surface area contributed by atoms with Gasteiger partial charge in [-0.25, -0.2) is 13.1 Å². The summed E-state index contributed by atoms with van der Waals surface area (Å²) in [6, 6.07) is 0. The minimum atomic E-state index is -3.60. The number of aromatic nitrogens is 2. The van der Waals surface area contributed by atoms with Crippen LogP contribution in [-0.2, 0) is 21.4 Å². The van der Waals surface area contributed by atoms with E-state index in [0.717, 1.165) is 30.1 Å². The molecule has 0 saturated heterocycles. The van der Waals surface area contributed by atoms with E-state index in [0.29, 0.717) is 12.5 Å². The van der Waals surface area contributed by atoms with Crippen LogP contribution in [0.15, 0.2) is 17.3 Å². The number of nitrogens with zero attached hydrogens (tertiary/aromatic N) is 2. The normalized spacial score (nSPS) is 11.9. The van der Waals surface area contributed by atoms with Gasteiger partial charge in [-0.2, -0.15) is 5.10 Å². The lowest BCUT2D eigenvalue weighted by Crippen LogP contribution is -2.24. The maximum Gasteiger partial charge on any atom is 0.325 e. The lowest BCUT2D eigenvalue weighted by atomic mass is 10.1. The van der Waals surface area contributed by atoms with Gasteiger partial charge >= 0.3 is 5.97 Å². The van der Waals surface area contributed by atoms with E-state index < -0.39 is 16.0 Å². The van der Waals surface area contributed by atoms with Gasteiger partial charge in [-0.1, -0.05) is 26.7 Å². The number of hydrogen-bond donors (Lipinski definition) is 2. The molecule has 7 nitrogen and oxygen atoms in total. The van der Waals surface area contributed by atoms with Crippen molar-refractivity contribution in [2.45, 2.75) is 44.6 Å². The Morgan fingerprint density at radius 1 is 1.45 bits per heavy atom. The standard InChI is InChI=1S/C12H21N3O4S/c1-10(2)5-3-4-6-14-20(18,19)11-7-13-15(8-11)9-12(16)17/h7-8,10,14H,3-6,9H2,1-2H3,(H,16,17). The molecule has 2 N–H and O–H groups in total. The fraction of sp³-hybridized carbons (Fsp3) is 0.667. The van der Waals surface area contributed by atoms with Crippen LogP contribution < -0.4 is 4.72 Å². The molecule has 0 bridgehead atoms. The molecule has 0 atom stereocenters. The molecule has 1 rings (SSSR count). The van der Waals surface area contributed by atoms with Crippen molar-refractivity contribution in [3.05, 3.63) is 12.4 Å². The zero-order valence-electron chi connectivity index (χ0n) is 11.7. The number of sulfonamides is 1. The Morgan fingerprint density at radius 3 is 2.75 bits per heavy atom. The van der Waals surface area contributed by atoms with Crippen LogP contribution in [0.4, 0.5) is 0 Å². The van der Waals surface area contributed by atoms with Crippen molar-refractivity contribution in [1.82, 2.24) is 14.5 Å². The third kappa shape index (κ3) is 5.70. The Bertz CT molecular complexity index is 537. The lowest BCUT2D eigenvalue weighted by Gasteiger charge is -2.06. The van der Waals surface area contributed by atoms with Gasteiger partial charge in [-0.05, 0) is 12.3 Å². The van der Waals surface area contributed by atoms with Gasteiger partial charge in [0.25, 0.3) is 0 Å². The van der Waals surface area contributed by atoms with Crippen molar-refractivity contribution in [1.29, 1.82) is 0 Å². The molecule has 0 radical (unpaired) electrons. The third-order valence-electron chi connectivity index (χ3n) is 2.72. The molecular weight excluding hydrogens is 282 g/mol. The highest BCUT2D eigenvalue weighted by molar-refractivity contribution is 7.89. The van der Waals surface area contributed by atoms with E-state index in [2.05, 4.69) is 23.7 Å². The highest BCUT2D eigenvalue weighted by atomic mass is 32.2. The highest BCUT2D eigenvalue weighted by Crippen LogP contribution is 2.08. The zero-order valence-corrected chi connectivity index (χ0v) is 12.6. The Kier molecular flexibility index (Phi) is 6.15. The highest BCUT2D eigenvalue weighted by Gasteiger charge is 2.16. The topological polar surface area (TPSA) is 101 Å². The third-order valence-corrected chi connectivity index (χ3v) is 4.13. The molecule has 0 aliphatic carbocycles. The molecule has 0 saturated carbocycles. The average Bonchev–Trinajstić information content (AvgIpc) is 2.76. The summed E-state index contributed by atoms with van der Waals surface area (Å²) in [5, 5.41) is 12.3. The predicted molar refractivity (Wildman–Crippen MR) is 73.7 cm³/mol. The molecule has 0 aliphatic heterocycles. The van der Waals surface area contributed by atoms with Crippen molar-refractivity contribution in [3.63, 3.8) is 0 Å². The van der Waals surface area contributed by atoms with Crippen LogP contribution in [0.5, 0.6) is 0 Å². The molecule has 1 aromatic heterocycles. The molecule has 1 aromatic rings. The minimum Gasteiger partial charge on any atom is -0.480 e. The first-order valence-corrected chi connectivity index (χ1v) is 8.03. The van der Waals surface area contributed by atoms with Crippen molar-refractivity contribution < 1.29 is 18.3 Å². The van der Waals surface area contributed by atoms with Gasteiger partial charge in [-0.3, -0.25) is 9.48 Å². The van der Waals surface area contributed by atoms with Crippen molar-refractivity contribution >= 4 is 16.0 Å². The second-order valence-electron chi connectivity index (χ2n) is 5.05. The smallest absolute Gasteiger partial charge is 0.325 e. The van der Waals surface area contributed by atoms with E-state index in [1.807, 2.05) is 0 Å². The second kappa shape index (κ2) is 7.39. The van der Waals surface area contributed by atoms with E-state index in [-0.39, 0.29) is 11.4 Å². The first-order chi connectivity index (χ1) is 9.31. The van der Waals surface area contributed by atoms with E-state index in [1.165, 1.54) is 6.20 Å². The Hall–Kier alpha value is -1.41. The lowest BCUT2D eigenvalue weighted by molar-refractivity contribution is -0.137. The summed E-state index contributed by atoms with van der Waals surface area (Å²) in [5.41, 5.74) is 0. The number of unbranched alkanes of at least 4 members (excludes halogenated alkanes) is 1. The molecule has 0 aromatic carbocycles. The summed E-state index contributed by atoms with van der Waals surface area (Å²) >= 11 is 0. The average molecular weight is 303 g/mol.